The van der Waals surface area contributed by atoms with Crippen molar-refractivity contribution in [3.63, 3.8) is 0 Å². The lowest BCUT2D eigenvalue weighted by molar-refractivity contribution is -0.384. The minimum Gasteiger partial charge on any atom is -0.325 e. The number of aryl methyl sites for hydroxylation is 1. The highest BCUT2D eigenvalue weighted by atomic mass is 32.2. The number of amides is 1. The van der Waals surface area contributed by atoms with Crippen molar-refractivity contribution in [3.05, 3.63) is 81.9 Å². The Morgan fingerprint density at radius 3 is 2.66 bits per heavy atom. The average Bonchev–Trinajstić information content (AvgIpc) is 2.72. The molecule has 1 heterocycles. The van der Waals surface area contributed by atoms with Gasteiger partial charge in [0.2, 0.25) is 5.91 Å². The largest absolute Gasteiger partial charge is 0.325 e. The highest BCUT2D eigenvalue weighted by Gasteiger charge is 2.12. The molecule has 0 saturated heterocycles. The van der Waals surface area contributed by atoms with Gasteiger partial charge in [-0.15, -0.1) is 0 Å². The third-order valence-corrected chi connectivity index (χ3v) is 5.00. The number of nitro benzene ring substituents is 1. The summed E-state index contributed by atoms with van der Waals surface area (Å²) in [5.41, 5.74) is 3.39. The van der Waals surface area contributed by atoms with E-state index in [-0.39, 0.29) is 17.3 Å². The molecule has 0 unspecified atom stereocenters. The Morgan fingerprint density at radius 1 is 1.21 bits per heavy atom. The quantitative estimate of drug-likeness (QED) is 0.366. The third kappa shape index (κ3) is 5.18. The summed E-state index contributed by atoms with van der Waals surface area (Å²) in [4.78, 5) is 27.1. The summed E-state index contributed by atoms with van der Waals surface area (Å²) in [5, 5.41) is 23.2. The van der Waals surface area contributed by atoms with Gasteiger partial charge in [-0.05, 0) is 25.1 Å². The zero-order valence-corrected chi connectivity index (χ0v) is 16.3. The first kappa shape index (κ1) is 20.0. The normalized spacial score (nSPS) is 10.2. The van der Waals surface area contributed by atoms with Gasteiger partial charge < -0.3 is 5.32 Å². The zero-order valence-electron chi connectivity index (χ0n) is 15.5. The maximum atomic E-state index is 12.2. The van der Waals surface area contributed by atoms with Gasteiger partial charge in [0.05, 0.1) is 21.9 Å². The fraction of sp³-hybridized carbons (Fsp3) is 0.0952. The minimum atomic E-state index is -0.524. The number of nitrogens with zero attached hydrogens (tertiary/aromatic N) is 3. The van der Waals surface area contributed by atoms with E-state index in [1.807, 2.05) is 31.2 Å². The van der Waals surface area contributed by atoms with Crippen molar-refractivity contribution in [1.29, 1.82) is 5.26 Å². The molecule has 1 N–H and O–H groups in total. The number of carbonyl (C=O) groups is 1. The SMILES string of the molecule is Cc1ccc(-c2ccc(C#N)c(SCC(=O)Nc3cccc([N+](=O)[O-])c3)n2)cc1. The second kappa shape index (κ2) is 8.99. The van der Waals surface area contributed by atoms with Gasteiger partial charge in [-0.2, -0.15) is 5.26 Å². The van der Waals surface area contributed by atoms with Crippen LogP contribution in [-0.2, 0) is 4.79 Å². The summed E-state index contributed by atoms with van der Waals surface area (Å²) >= 11 is 1.14. The van der Waals surface area contributed by atoms with Crippen molar-refractivity contribution >= 4 is 29.0 Å². The van der Waals surface area contributed by atoms with E-state index in [0.717, 1.165) is 22.9 Å². The Hall–Kier alpha value is -3.70. The number of benzene rings is 2. The van der Waals surface area contributed by atoms with Crippen molar-refractivity contribution in [1.82, 2.24) is 4.98 Å². The van der Waals surface area contributed by atoms with E-state index in [1.54, 1.807) is 18.2 Å². The van der Waals surface area contributed by atoms with Gasteiger partial charge in [-0.25, -0.2) is 4.98 Å². The first-order valence-electron chi connectivity index (χ1n) is 8.61. The molecule has 0 bridgehead atoms. The number of rotatable bonds is 6. The Labute approximate surface area is 171 Å². The van der Waals surface area contributed by atoms with E-state index < -0.39 is 4.92 Å². The second-order valence-electron chi connectivity index (χ2n) is 6.17. The molecule has 0 saturated carbocycles. The Morgan fingerprint density at radius 2 is 1.97 bits per heavy atom. The molecule has 0 spiro atoms. The van der Waals surface area contributed by atoms with Crippen LogP contribution in [0.1, 0.15) is 11.1 Å². The van der Waals surface area contributed by atoms with Crippen molar-refractivity contribution in [2.24, 2.45) is 0 Å². The predicted molar refractivity (Wildman–Crippen MR) is 112 cm³/mol. The molecule has 0 atom stereocenters. The average molecular weight is 404 g/mol. The van der Waals surface area contributed by atoms with Crippen LogP contribution in [0.3, 0.4) is 0 Å². The monoisotopic (exact) mass is 404 g/mol. The van der Waals surface area contributed by atoms with E-state index >= 15 is 0 Å². The standard InChI is InChI=1S/C21H16N4O3S/c1-14-5-7-15(8-6-14)19-10-9-16(12-22)21(24-19)29-13-20(26)23-17-3-2-4-18(11-17)25(27)28/h2-11H,13H2,1H3,(H,23,26). The van der Waals surface area contributed by atoms with Gasteiger partial charge in [-0.1, -0.05) is 47.7 Å². The molecule has 29 heavy (non-hydrogen) atoms. The number of aromatic nitrogens is 1. The molecule has 2 aromatic carbocycles. The molecule has 1 amide bonds. The number of non-ortho nitro benzene ring substituents is 1. The minimum absolute atomic E-state index is 0.0156. The van der Waals surface area contributed by atoms with Gasteiger partial charge in [-0.3, -0.25) is 14.9 Å². The smallest absolute Gasteiger partial charge is 0.271 e. The lowest BCUT2D eigenvalue weighted by atomic mass is 10.1. The Kier molecular flexibility index (Phi) is 6.22. The van der Waals surface area contributed by atoms with Crippen LogP contribution in [0.4, 0.5) is 11.4 Å². The van der Waals surface area contributed by atoms with E-state index in [9.17, 15) is 20.2 Å². The number of pyridine rings is 1. The van der Waals surface area contributed by atoms with Gasteiger partial charge >= 0.3 is 0 Å². The Bertz CT molecular complexity index is 1110. The molecule has 1 aromatic heterocycles. The maximum Gasteiger partial charge on any atom is 0.271 e. The molecule has 144 valence electrons. The number of nitrogens with one attached hydrogen (secondary N) is 1. The number of anilines is 1. The summed E-state index contributed by atoms with van der Waals surface area (Å²) in [7, 11) is 0. The van der Waals surface area contributed by atoms with Crippen LogP contribution in [0.15, 0.2) is 65.7 Å². The van der Waals surface area contributed by atoms with Gasteiger partial charge in [0.15, 0.2) is 0 Å². The highest BCUT2D eigenvalue weighted by molar-refractivity contribution is 8.00. The predicted octanol–water partition coefficient (Wildman–Crippen LogP) is 4.57. The van der Waals surface area contributed by atoms with Crippen LogP contribution >= 0.6 is 11.8 Å². The molecule has 7 nitrogen and oxygen atoms in total. The molecular weight excluding hydrogens is 388 g/mol. The van der Waals surface area contributed by atoms with Gasteiger partial charge in [0.25, 0.3) is 5.69 Å². The van der Waals surface area contributed by atoms with E-state index in [0.29, 0.717) is 22.0 Å². The van der Waals surface area contributed by atoms with Crippen LogP contribution in [0.25, 0.3) is 11.3 Å². The second-order valence-corrected chi connectivity index (χ2v) is 7.14. The van der Waals surface area contributed by atoms with E-state index in [1.165, 1.54) is 18.2 Å². The fourth-order valence-corrected chi connectivity index (χ4v) is 3.32. The van der Waals surface area contributed by atoms with E-state index in [4.69, 9.17) is 0 Å². The lowest BCUT2D eigenvalue weighted by Crippen LogP contribution is -2.14. The number of nitro groups is 1. The van der Waals surface area contributed by atoms with Gasteiger partial charge in [0, 0.05) is 23.4 Å². The van der Waals surface area contributed by atoms with Crippen molar-refractivity contribution < 1.29 is 9.72 Å². The van der Waals surface area contributed by atoms with Crippen LogP contribution in [0.2, 0.25) is 0 Å². The van der Waals surface area contributed by atoms with E-state index in [2.05, 4.69) is 16.4 Å². The molecule has 0 aliphatic rings. The first-order valence-corrected chi connectivity index (χ1v) is 9.60. The molecular formula is C21H16N4O3S. The van der Waals surface area contributed by atoms with Crippen LogP contribution < -0.4 is 5.32 Å². The number of thioether (sulfide) groups is 1. The molecule has 8 heteroatoms. The highest BCUT2D eigenvalue weighted by Crippen LogP contribution is 2.26. The third-order valence-electron chi connectivity index (χ3n) is 4.01. The summed E-state index contributed by atoms with van der Waals surface area (Å²) in [6, 6.07) is 19.1. The van der Waals surface area contributed by atoms with Crippen molar-refractivity contribution in [2.45, 2.75) is 11.9 Å². The summed E-state index contributed by atoms with van der Waals surface area (Å²) in [5.74, 6) is -0.330. The van der Waals surface area contributed by atoms with Gasteiger partial charge in [0.1, 0.15) is 11.1 Å². The molecule has 0 aliphatic heterocycles. The van der Waals surface area contributed by atoms with Crippen LogP contribution in [0, 0.1) is 28.4 Å². The molecule has 0 aliphatic carbocycles. The van der Waals surface area contributed by atoms with Crippen molar-refractivity contribution in [2.75, 3.05) is 11.1 Å². The topological polar surface area (TPSA) is 109 Å². The van der Waals surface area contributed by atoms with Crippen molar-refractivity contribution in [3.8, 4) is 17.3 Å². The molecule has 3 rings (SSSR count). The number of hydrogen-bond acceptors (Lipinski definition) is 6. The first-order chi connectivity index (χ1) is 14.0. The number of nitriles is 1. The lowest BCUT2D eigenvalue weighted by Gasteiger charge is -2.08. The fourth-order valence-electron chi connectivity index (χ4n) is 2.55. The number of hydrogen-bond donors (Lipinski definition) is 1. The Balaban J connectivity index is 1.72. The summed E-state index contributed by atoms with van der Waals surface area (Å²) in [6.45, 7) is 2.00. The summed E-state index contributed by atoms with van der Waals surface area (Å²) < 4.78 is 0. The molecule has 0 radical (unpaired) electrons. The summed E-state index contributed by atoms with van der Waals surface area (Å²) in [6.07, 6.45) is 0. The van der Waals surface area contributed by atoms with Crippen LogP contribution in [0.5, 0.6) is 0 Å². The molecule has 0 fully saturated rings. The number of carbonyl (C=O) groups excluding carboxylic acids is 1. The molecule has 3 aromatic rings. The zero-order chi connectivity index (χ0) is 20.8. The maximum absolute atomic E-state index is 12.2. The van der Waals surface area contributed by atoms with Crippen LogP contribution in [-0.4, -0.2) is 21.6 Å².